The Hall–Kier alpha value is -1.49. The van der Waals surface area contributed by atoms with Crippen molar-refractivity contribution < 1.29 is 4.79 Å². The molecule has 80 valence electrons. The van der Waals surface area contributed by atoms with Gasteiger partial charge in [0.2, 0.25) is 5.91 Å². The van der Waals surface area contributed by atoms with Gasteiger partial charge in [0.05, 0.1) is 6.20 Å². The summed E-state index contributed by atoms with van der Waals surface area (Å²) in [6.07, 6.45) is 7.22. The molecular formula is C10H14N4O. The Morgan fingerprint density at radius 2 is 2.33 bits per heavy atom. The molecule has 0 radical (unpaired) electrons. The van der Waals surface area contributed by atoms with E-state index in [1.54, 1.807) is 12.4 Å². The van der Waals surface area contributed by atoms with Gasteiger partial charge in [-0.25, -0.2) is 4.98 Å². The number of nitrogens with one attached hydrogen (secondary N) is 1. The summed E-state index contributed by atoms with van der Waals surface area (Å²) in [5, 5.41) is 2.74. The minimum atomic E-state index is 0.00319. The highest BCUT2D eigenvalue weighted by atomic mass is 16.1. The molecule has 15 heavy (non-hydrogen) atoms. The number of nitrogens with zero attached hydrogens (tertiary/aromatic N) is 2. The van der Waals surface area contributed by atoms with Crippen molar-refractivity contribution in [3.05, 3.63) is 18.6 Å². The predicted octanol–water partition coefficient (Wildman–Crippen LogP) is 0.542. The highest BCUT2D eigenvalue weighted by molar-refractivity contribution is 5.91. The summed E-state index contributed by atoms with van der Waals surface area (Å²) in [6.45, 7) is 0. The Kier molecular flexibility index (Phi) is 2.91. The lowest BCUT2D eigenvalue weighted by Gasteiger charge is -2.09. The zero-order valence-corrected chi connectivity index (χ0v) is 8.39. The second kappa shape index (κ2) is 4.35. The van der Waals surface area contributed by atoms with Gasteiger partial charge < -0.3 is 11.1 Å². The third-order valence-corrected chi connectivity index (χ3v) is 2.66. The lowest BCUT2D eigenvalue weighted by Crippen LogP contribution is -2.23. The predicted molar refractivity (Wildman–Crippen MR) is 56.0 cm³/mol. The maximum Gasteiger partial charge on any atom is 0.228 e. The molecular weight excluding hydrogens is 192 g/mol. The van der Waals surface area contributed by atoms with E-state index in [4.69, 9.17) is 5.73 Å². The summed E-state index contributed by atoms with van der Waals surface area (Å²) in [5.41, 5.74) is 5.75. The van der Waals surface area contributed by atoms with E-state index in [2.05, 4.69) is 15.3 Å². The summed E-state index contributed by atoms with van der Waals surface area (Å²) in [5.74, 6) is 0.536. The number of aromatic nitrogens is 2. The van der Waals surface area contributed by atoms with Gasteiger partial charge in [-0.2, -0.15) is 0 Å². The van der Waals surface area contributed by atoms with Crippen LogP contribution in [0.25, 0.3) is 0 Å². The third kappa shape index (κ3) is 2.50. The van der Waals surface area contributed by atoms with Crippen LogP contribution in [0.2, 0.25) is 0 Å². The summed E-state index contributed by atoms with van der Waals surface area (Å²) >= 11 is 0. The average Bonchev–Trinajstić information content (AvgIpc) is 2.66. The van der Waals surface area contributed by atoms with Crippen LogP contribution in [-0.4, -0.2) is 21.9 Å². The van der Waals surface area contributed by atoms with E-state index in [9.17, 15) is 4.79 Å². The number of hydrogen-bond acceptors (Lipinski definition) is 4. The highest BCUT2D eigenvalue weighted by Gasteiger charge is 2.27. The number of amides is 1. The van der Waals surface area contributed by atoms with Crippen molar-refractivity contribution in [1.29, 1.82) is 0 Å². The van der Waals surface area contributed by atoms with Gasteiger partial charge in [-0.3, -0.25) is 9.78 Å². The number of rotatable bonds is 2. The topological polar surface area (TPSA) is 80.9 Å². The molecule has 1 aliphatic carbocycles. The number of carbonyl (C=O) groups is 1. The first-order valence-electron chi connectivity index (χ1n) is 5.08. The van der Waals surface area contributed by atoms with Crippen LogP contribution in [0.1, 0.15) is 19.3 Å². The first-order chi connectivity index (χ1) is 7.25. The van der Waals surface area contributed by atoms with Crippen molar-refractivity contribution in [2.45, 2.75) is 25.3 Å². The molecule has 1 aromatic rings. The van der Waals surface area contributed by atoms with E-state index in [0.717, 1.165) is 19.3 Å². The van der Waals surface area contributed by atoms with Gasteiger partial charge in [-0.1, -0.05) is 0 Å². The fourth-order valence-electron chi connectivity index (χ4n) is 1.85. The van der Waals surface area contributed by atoms with Crippen LogP contribution in [0.3, 0.4) is 0 Å². The standard InChI is InChI=1S/C10H14N4O/c11-8-2-1-7(5-8)10(15)14-9-6-12-3-4-13-9/h3-4,6-8H,1-2,5,11H2,(H,13,14,15). The van der Waals surface area contributed by atoms with E-state index < -0.39 is 0 Å². The van der Waals surface area contributed by atoms with Crippen LogP contribution in [-0.2, 0) is 4.79 Å². The second-order valence-corrected chi connectivity index (χ2v) is 3.85. The van der Waals surface area contributed by atoms with Crippen LogP contribution >= 0.6 is 0 Å². The first kappa shape index (κ1) is 10.0. The maximum absolute atomic E-state index is 11.7. The third-order valence-electron chi connectivity index (χ3n) is 2.66. The van der Waals surface area contributed by atoms with Gasteiger partial charge in [0.15, 0.2) is 5.82 Å². The van der Waals surface area contributed by atoms with Crippen LogP contribution in [0.5, 0.6) is 0 Å². The lowest BCUT2D eigenvalue weighted by molar-refractivity contribution is -0.119. The zero-order chi connectivity index (χ0) is 10.7. The summed E-state index contributed by atoms with van der Waals surface area (Å²) in [6, 6.07) is 0.169. The largest absolute Gasteiger partial charge is 0.328 e. The normalized spacial score (nSPS) is 25.1. The molecule has 0 bridgehead atoms. The molecule has 1 amide bonds. The van der Waals surface area contributed by atoms with Crippen LogP contribution in [0.4, 0.5) is 5.82 Å². The second-order valence-electron chi connectivity index (χ2n) is 3.85. The van der Waals surface area contributed by atoms with Gasteiger partial charge in [0.25, 0.3) is 0 Å². The number of carbonyl (C=O) groups excluding carboxylic acids is 1. The fourth-order valence-corrected chi connectivity index (χ4v) is 1.85. The summed E-state index contributed by atoms with van der Waals surface area (Å²) in [7, 11) is 0. The van der Waals surface area contributed by atoms with Gasteiger partial charge in [-0.05, 0) is 19.3 Å². The molecule has 2 rings (SSSR count). The zero-order valence-electron chi connectivity index (χ0n) is 8.39. The molecule has 0 aromatic carbocycles. The molecule has 1 fully saturated rings. The minimum Gasteiger partial charge on any atom is -0.328 e. The van der Waals surface area contributed by atoms with Crippen molar-refractivity contribution >= 4 is 11.7 Å². The Morgan fingerprint density at radius 3 is 2.93 bits per heavy atom. The quantitative estimate of drug-likeness (QED) is 0.740. The summed E-state index contributed by atoms with van der Waals surface area (Å²) < 4.78 is 0. The molecule has 0 aliphatic heterocycles. The monoisotopic (exact) mass is 206 g/mol. The molecule has 1 aromatic heterocycles. The molecule has 0 saturated heterocycles. The molecule has 5 nitrogen and oxygen atoms in total. The molecule has 0 spiro atoms. The number of hydrogen-bond donors (Lipinski definition) is 2. The van der Waals surface area contributed by atoms with E-state index >= 15 is 0 Å². The van der Waals surface area contributed by atoms with Crippen molar-refractivity contribution in [3.63, 3.8) is 0 Å². The van der Waals surface area contributed by atoms with E-state index in [0.29, 0.717) is 5.82 Å². The van der Waals surface area contributed by atoms with E-state index in [1.165, 1.54) is 6.20 Å². The highest BCUT2D eigenvalue weighted by Crippen LogP contribution is 2.24. The fraction of sp³-hybridized carbons (Fsp3) is 0.500. The SMILES string of the molecule is NC1CCC(C(=O)Nc2cnccn2)C1. The molecule has 2 atom stereocenters. The van der Waals surface area contributed by atoms with Gasteiger partial charge in [-0.15, -0.1) is 0 Å². The Morgan fingerprint density at radius 1 is 1.47 bits per heavy atom. The molecule has 2 unspecified atom stereocenters. The molecule has 1 aliphatic rings. The average molecular weight is 206 g/mol. The Labute approximate surface area is 88.1 Å². The Balaban J connectivity index is 1.93. The first-order valence-corrected chi connectivity index (χ1v) is 5.08. The summed E-state index contributed by atoms with van der Waals surface area (Å²) in [4.78, 5) is 19.6. The van der Waals surface area contributed by atoms with Crippen LogP contribution in [0.15, 0.2) is 18.6 Å². The molecule has 5 heteroatoms. The van der Waals surface area contributed by atoms with Gasteiger partial charge in [0, 0.05) is 24.4 Å². The lowest BCUT2D eigenvalue weighted by atomic mass is 10.1. The van der Waals surface area contributed by atoms with Crippen LogP contribution in [0, 0.1) is 5.92 Å². The Bertz CT molecular complexity index is 341. The van der Waals surface area contributed by atoms with Crippen molar-refractivity contribution in [3.8, 4) is 0 Å². The number of nitrogens with two attached hydrogens (primary N) is 1. The maximum atomic E-state index is 11.7. The smallest absolute Gasteiger partial charge is 0.228 e. The molecule has 1 heterocycles. The van der Waals surface area contributed by atoms with Gasteiger partial charge in [0.1, 0.15) is 0 Å². The molecule has 3 N–H and O–H groups in total. The van der Waals surface area contributed by atoms with Crippen LogP contribution < -0.4 is 11.1 Å². The molecule has 1 saturated carbocycles. The number of anilines is 1. The minimum absolute atomic E-state index is 0.00319. The van der Waals surface area contributed by atoms with Gasteiger partial charge >= 0.3 is 0 Å². The van der Waals surface area contributed by atoms with E-state index in [-0.39, 0.29) is 17.9 Å². The van der Waals surface area contributed by atoms with Crippen molar-refractivity contribution in [2.24, 2.45) is 11.7 Å². The van der Waals surface area contributed by atoms with E-state index in [1.807, 2.05) is 0 Å². The van der Waals surface area contributed by atoms with Crippen molar-refractivity contribution in [1.82, 2.24) is 9.97 Å². The van der Waals surface area contributed by atoms with Crippen molar-refractivity contribution in [2.75, 3.05) is 5.32 Å².